The molecule has 7 heteroatoms. The zero-order valence-corrected chi connectivity index (χ0v) is 11.5. The summed E-state index contributed by atoms with van der Waals surface area (Å²) in [7, 11) is -3.13. The number of rotatable bonds is 2. The molecule has 1 aromatic carbocycles. The van der Waals surface area contributed by atoms with Crippen LogP contribution in [-0.2, 0) is 16.0 Å². The van der Waals surface area contributed by atoms with Crippen molar-refractivity contribution < 1.29 is 21.6 Å². The van der Waals surface area contributed by atoms with E-state index in [-0.39, 0.29) is 17.4 Å². The van der Waals surface area contributed by atoms with Gasteiger partial charge in [0, 0.05) is 6.04 Å². The third kappa shape index (κ3) is 3.52. The Labute approximate surface area is 115 Å². The van der Waals surface area contributed by atoms with E-state index in [1.807, 2.05) is 0 Å². The van der Waals surface area contributed by atoms with Crippen LogP contribution >= 0.6 is 0 Å². The van der Waals surface area contributed by atoms with Gasteiger partial charge in [0.15, 0.2) is 9.84 Å². The summed E-state index contributed by atoms with van der Waals surface area (Å²) in [5, 5.41) is 0. The van der Waals surface area contributed by atoms with Crippen LogP contribution < -0.4 is 5.73 Å². The van der Waals surface area contributed by atoms with Crippen LogP contribution in [0.2, 0.25) is 0 Å². The summed E-state index contributed by atoms with van der Waals surface area (Å²) < 4.78 is 61.2. The topological polar surface area (TPSA) is 60.2 Å². The molecule has 0 spiro atoms. The molecule has 2 N–H and O–H groups in total. The Morgan fingerprint density at radius 3 is 2.60 bits per heavy atom. The number of hydrogen-bond donors (Lipinski definition) is 1. The van der Waals surface area contributed by atoms with Crippen LogP contribution in [0.4, 0.5) is 13.2 Å². The largest absolute Gasteiger partial charge is 0.416 e. The minimum Gasteiger partial charge on any atom is -0.324 e. The molecule has 1 saturated heterocycles. The van der Waals surface area contributed by atoms with E-state index in [0.29, 0.717) is 18.4 Å². The number of hydrogen-bond acceptors (Lipinski definition) is 3. The van der Waals surface area contributed by atoms with Crippen molar-refractivity contribution in [3.63, 3.8) is 0 Å². The first-order valence-corrected chi connectivity index (χ1v) is 8.14. The van der Waals surface area contributed by atoms with Gasteiger partial charge in [-0.15, -0.1) is 0 Å². The van der Waals surface area contributed by atoms with E-state index in [9.17, 15) is 21.6 Å². The van der Waals surface area contributed by atoms with Crippen molar-refractivity contribution in [1.82, 2.24) is 0 Å². The Morgan fingerprint density at radius 1 is 1.30 bits per heavy atom. The second kappa shape index (κ2) is 5.37. The van der Waals surface area contributed by atoms with Gasteiger partial charge in [-0.3, -0.25) is 0 Å². The van der Waals surface area contributed by atoms with Gasteiger partial charge >= 0.3 is 6.18 Å². The maximum atomic E-state index is 12.7. The Morgan fingerprint density at radius 2 is 2.00 bits per heavy atom. The summed E-state index contributed by atoms with van der Waals surface area (Å²) in [6.45, 7) is 0. The second-order valence-corrected chi connectivity index (χ2v) is 7.39. The lowest BCUT2D eigenvalue weighted by atomic mass is 9.90. The molecular weight excluding hydrogens is 291 g/mol. The van der Waals surface area contributed by atoms with Gasteiger partial charge in [-0.2, -0.15) is 13.2 Å². The van der Waals surface area contributed by atoms with Crippen LogP contribution in [0.25, 0.3) is 0 Å². The number of alkyl halides is 3. The van der Waals surface area contributed by atoms with Gasteiger partial charge in [-0.25, -0.2) is 8.42 Å². The van der Waals surface area contributed by atoms with Crippen molar-refractivity contribution in [2.75, 3.05) is 11.5 Å². The van der Waals surface area contributed by atoms with Crippen LogP contribution in [0.15, 0.2) is 24.3 Å². The zero-order valence-electron chi connectivity index (χ0n) is 10.7. The zero-order chi connectivity index (χ0) is 15.0. The van der Waals surface area contributed by atoms with Gasteiger partial charge in [-0.05, 0) is 36.5 Å². The summed E-state index contributed by atoms with van der Waals surface area (Å²) in [5.74, 6) is -0.235. The van der Waals surface area contributed by atoms with E-state index in [1.165, 1.54) is 12.1 Å². The maximum Gasteiger partial charge on any atom is 0.416 e. The molecule has 0 aromatic heterocycles. The van der Waals surface area contributed by atoms with Crippen LogP contribution in [0, 0.1) is 5.92 Å². The van der Waals surface area contributed by atoms with Crippen molar-refractivity contribution in [2.24, 2.45) is 11.7 Å². The first-order chi connectivity index (χ1) is 9.19. The van der Waals surface area contributed by atoms with Crippen LogP contribution in [0.5, 0.6) is 0 Å². The molecule has 2 unspecified atom stereocenters. The number of nitrogens with two attached hydrogens (primary N) is 1. The highest BCUT2D eigenvalue weighted by atomic mass is 32.2. The van der Waals surface area contributed by atoms with Crippen molar-refractivity contribution in [3.05, 3.63) is 35.4 Å². The number of sulfone groups is 1. The van der Waals surface area contributed by atoms with Gasteiger partial charge < -0.3 is 5.73 Å². The molecule has 20 heavy (non-hydrogen) atoms. The summed E-state index contributed by atoms with van der Waals surface area (Å²) in [6.07, 6.45) is -3.29. The molecule has 2 atom stereocenters. The average molecular weight is 307 g/mol. The maximum absolute atomic E-state index is 12.7. The van der Waals surface area contributed by atoms with Crippen molar-refractivity contribution in [1.29, 1.82) is 0 Å². The molecule has 1 aromatic rings. The molecule has 1 heterocycles. The Bertz CT molecular complexity index is 584. The van der Waals surface area contributed by atoms with Gasteiger partial charge in [0.1, 0.15) is 0 Å². The van der Waals surface area contributed by atoms with Crippen LogP contribution in [-0.4, -0.2) is 19.9 Å². The fraction of sp³-hybridized carbons (Fsp3) is 0.538. The van der Waals surface area contributed by atoms with Crippen molar-refractivity contribution >= 4 is 9.84 Å². The highest BCUT2D eigenvalue weighted by Crippen LogP contribution is 2.33. The van der Waals surface area contributed by atoms with Crippen LogP contribution in [0.1, 0.15) is 30.0 Å². The SMILES string of the molecule is NC(c1cccc(C(F)(F)F)c1)C1CCCS(=O)(=O)C1. The average Bonchev–Trinajstić information content (AvgIpc) is 2.36. The fourth-order valence-corrected chi connectivity index (χ4v) is 4.34. The molecule has 0 amide bonds. The summed E-state index contributed by atoms with van der Waals surface area (Å²) in [4.78, 5) is 0. The highest BCUT2D eigenvalue weighted by Gasteiger charge is 2.33. The number of halogens is 3. The normalized spacial score (nSPS) is 24.3. The standard InChI is InChI=1S/C13H16F3NO2S/c14-13(15,16)11-5-1-3-9(7-11)12(17)10-4-2-6-20(18,19)8-10/h1,3,5,7,10,12H,2,4,6,8,17H2. The molecule has 1 aliphatic rings. The third-order valence-electron chi connectivity index (χ3n) is 3.60. The lowest BCUT2D eigenvalue weighted by Gasteiger charge is -2.28. The van der Waals surface area contributed by atoms with E-state index >= 15 is 0 Å². The van der Waals surface area contributed by atoms with Gasteiger partial charge in [0.25, 0.3) is 0 Å². The highest BCUT2D eigenvalue weighted by molar-refractivity contribution is 7.91. The molecule has 2 rings (SSSR count). The molecular formula is C13H16F3NO2S. The molecule has 3 nitrogen and oxygen atoms in total. The smallest absolute Gasteiger partial charge is 0.324 e. The molecule has 1 fully saturated rings. The van der Waals surface area contributed by atoms with Gasteiger partial charge in [0.2, 0.25) is 0 Å². The Hall–Kier alpha value is -1.08. The van der Waals surface area contributed by atoms with E-state index in [0.717, 1.165) is 12.1 Å². The lowest BCUT2D eigenvalue weighted by Crippen LogP contribution is -2.33. The molecule has 112 valence electrons. The first kappa shape index (κ1) is 15.3. The molecule has 0 radical (unpaired) electrons. The number of benzene rings is 1. The van der Waals surface area contributed by atoms with Gasteiger partial charge in [-0.1, -0.05) is 12.1 Å². The fourth-order valence-electron chi connectivity index (χ4n) is 2.54. The Balaban J connectivity index is 2.23. The molecule has 0 aliphatic carbocycles. The van der Waals surface area contributed by atoms with Gasteiger partial charge in [0.05, 0.1) is 17.1 Å². The van der Waals surface area contributed by atoms with E-state index < -0.39 is 27.6 Å². The summed E-state index contributed by atoms with van der Waals surface area (Å²) >= 11 is 0. The minimum absolute atomic E-state index is 0.0512. The van der Waals surface area contributed by atoms with Crippen molar-refractivity contribution in [3.8, 4) is 0 Å². The summed E-state index contributed by atoms with van der Waals surface area (Å²) in [5.41, 5.74) is 5.55. The molecule has 0 saturated carbocycles. The van der Waals surface area contributed by atoms with E-state index in [4.69, 9.17) is 5.73 Å². The minimum atomic E-state index is -4.42. The monoisotopic (exact) mass is 307 g/mol. The molecule has 1 aliphatic heterocycles. The Kier molecular flexibility index (Phi) is 4.11. The molecule has 0 bridgehead atoms. The van der Waals surface area contributed by atoms with E-state index in [2.05, 4.69) is 0 Å². The van der Waals surface area contributed by atoms with E-state index in [1.54, 1.807) is 0 Å². The predicted molar refractivity (Wildman–Crippen MR) is 69.8 cm³/mol. The predicted octanol–water partition coefficient (Wildman–Crippen LogP) is 2.53. The first-order valence-electron chi connectivity index (χ1n) is 6.32. The second-order valence-electron chi connectivity index (χ2n) is 5.17. The summed E-state index contributed by atoms with van der Waals surface area (Å²) in [6, 6.07) is 4.11. The van der Waals surface area contributed by atoms with Crippen molar-refractivity contribution in [2.45, 2.75) is 25.1 Å². The lowest BCUT2D eigenvalue weighted by molar-refractivity contribution is -0.137. The third-order valence-corrected chi connectivity index (χ3v) is 5.45. The quantitative estimate of drug-likeness (QED) is 0.913. The van der Waals surface area contributed by atoms with Crippen LogP contribution in [0.3, 0.4) is 0 Å².